The second-order valence-corrected chi connectivity index (χ2v) is 21.8. The molecule has 0 bridgehead atoms. The van der Waals surface area contributed by atoms with Crippen molar-refractivity contribution in [3.63, 3.8) is 0 Å². The highest BCUT2D eigenvalue weighted by molar-refractivity contribution is 7.27. The largest absolute Gasteiger partial charge is 0.456 e. The first-order valence-electron chi connectivity index (χ1n) is 21.8. The predicted molar refractivity (Wildman–Crippen MR) is 270 cm³/mol. The maximum Gasteiger partial charge on any atom is 0.333 e. The minimum Gasteiger partial charge on any atom is -0.456 e. The third-order valence-electron chi connectivity index (χ3n) is 14.1. The minimum absolute atomic E-state index is 0.00971. The van der Waals surface area contributed by atoms with Gasteiger partial charge in [0.25, 0.3) is 0 Å². The van der Waals surface area contributed by atoms with E-state index in [9.17, 15) is 0 Å². The van der Waals surface area contributed by atoms with Crippen LogP contribution >= 0.6 is 22.7 Å². The monoisotopic (exact) mass is 832 g/mol. The fraction of sp³-hybridized carbons (Fsp3) is 0.143. The Hall–Kier alpha value is -6.34. The van der Waals surface area contributed by atoms with Crippen molar-refractivity contribution in [1.29, 1.82) is 0 Å². The molecule has 14 rings (SSSR count). The smallest absolute Gasteiger partial charge is 0.333 e. The van der Waals surface area contributed by atoms with E-state index in [1.54, 1.807) is 0 Å². The number of aromatic nitrogens is 1. The summed E-state index contributed by atoms with van der Waals surface area (Å²) >= 11 is 3.86. The van der Waals surface area contributed by atoms with Crippen molar-refractivity contribution in [1.82, 2.24) is 4.57 Å². The maximum atomic E-state index is 6.76. The van der Waals surface area contributed by atoms with E-state index in [1.807, 2.05) is 22.7 Å². The molecule has 0 unspecified atom stereocenters. The molecule has 2 aliphatic heterocycles. The van der Waals surface area contributed by atoms with Crippen molar-refractivity contribution >= 4 is 136 Å². The third-order valence-corrected chi connectivity index (χ3v) is 16.4. The van der Waals surface area contributed by atoms with Gasteiger partial charge in [0.1, 0.15) is 11.2 Å². The SMILES string of the molecule is CC(C)(C)c1ccc(N2B3c4cc5c(cc4-n4c6ccc(C(C)(C)C)cc6c6c7c(sc8ccccc87)c(c3c64)-c3cc4c(cc32)oc2ccccc24)sc2ccccc25)cc1. The van der Waals surface area contributed by atoms with E-state index in [2.05, 4.69) is 190 Å². The van der Waals surface area contributed by atoms with Gasteiger partial charge in [-0.25, -0.2) is 0 Å². The molecule has 0 fully saturated rings. The number of rotatable bonds is 1. The highest BCUT2D eigenvalue weighted by Crippen LogP contribution is 2.54. The lowest BCUT2D eigenvalue weighted by Crippen LogP contribution is -2.60. The van der Waals surface area contributed by atoms with E-state index in [1.165, 1.54) is 112 Å². The van der Waals surface area contributed by atoms with Crippen molar-refractivity contribution in [3.05, 3.63) is 151 Å². The Balaban J connectivity index is 1.24. The van der Waals surface area contributed by atoms with Gasteiger partial charge < -0.3 is 13.8 Å². The number of hydrogen-bond donors (Lipinski definition) is 0. The van der Waals surface area contributed by atoms with E-state index in [0.717, 1.165) is 21.9 Å². The summed E-state index contributed by atoms with van der Waals surface area (Å²) in [6, 6.07) is 53.2. The summed E-state index contributed by atoms with van der Waals surface area (Å²) < 4.78 is 14.7. The summed E-state index contributed by atoms with van der Waals surface area (Å²) in [6.07, 6.45) is 0. The molecular weight excluding hydrogens is 792 g/mol. The molecule has 0 spiro atoms. The summed E-state index contributed by atoms with van der Waals surface area (Å²) in [5.41, 5.74) is 16.1. The number of furan rings is 1. The van der Waals surface area contributed by atoms with Gasteiger partial charge >= 0.3 is 6.85 Å². The zero-order valence-corrected chi connectivity index (χ0v) is 37.1. The molecule has 3 nitrogen and oxygen atoms in total. The van der Waals surface area contributed by atoms with Crippen LogP contribution in [0.4, 0.5) is 11.4 Å². The molecule has 12 aromatic rings. The van der Waals surface area contributed by atoms with E-state index >= 15 is 0 Å². The first kappa shape index (κ1) is 35.3. The van der Waals surface area contributed by atoms with Crippen LogP contribution in [0.15, 0.2) is 144 Å². The maximum absolute atomic E-state index is 6.76. The van der Waals surface area contributed by atoms with Crippen molar-refractivity contribution < 1.29 is 4.42 Å². The average Bonchev–Trinajstić information content (AvgIpc) is 4.02. The number of benzene rings is 8. The molecule has 0 N–H and O–H groups in total. The van der Waals surface area contributed by atoms with Crippen LogP contribution in [0.3, 0.4) is 0 Å². The van der Waals surface area contributed by atoms with Gasteiger partial charge in [-0.2, -0.15) is 0 Å². The van der Waals surface area contributed by atoms with E-state index in [-0.39, 0.29) is 17.7 Å². The van der Waals surface area contributed by atoms with Crippen LogP contribution in [0.25, 0.3) is 101 Å². The van der Waals surface area contributed by atoms with Crippen molar-refractivity contribution in [2.75, 3.05) is 4.81 Å². The van der Waals surface area contributed by atoms with Gasteiger partial charge in [0, 0.05) is 96.1 Å². The highest BCUT2D eigenvalue weighted by Gasteiger charge is 2.46. The number of fused-ring (bicyclic) bond motifs is 19. The molecule has 62 heavy (non-hydrogen) atoms. The predicted octanol–water partition coefficient (Wildman–Crippen LogP) is 15.3. The second kappa shape index (κ2) is 11.8. The molecule has 2 aliphatic rings. The van der Waals surface area contributed by atoms with Gasteiger partial charge in [0.15, 0.2) is 0 Å². The van der Waals surface area contributed by atoms with Gasteiger partial charge in [0.05, 0.1) is 11.0 Å². The number of nitrogens with zero attached hydrogens (tertiary/aromatic N) is 2. The Morgan fingerprint density at radius 3 is 1.98 bits per heavy atom. The van der Waals surface area contributed by atoms with Crippen molar-refractivity contribution in [2.24, 2.45) is 0 Å². The van der Waals surface area contributed by atoms with Crippen molar-refractivity contribution in [2.45, 2.75) is 52.4 Å². The normalized spacial score (nSPS) is 13.9. The fourth-order valence-electron chi connectivity index (χ4n) is 11.1. The van der Waals surface area contributed by atoms with Crippen LogP contribution in [0, 0.1) is 0 Å². The first-order chi connectivity index (χ1) is 30.0. The molecule has 0 aliphatic carbocycles. The summed E-state index contributed by atoms with van der Waals surface area (Å²) in [4.78, 5) is 2.66. The van der Waals surface area contributed by atoms with E-state index in [0.29, 0.717) is 0 Å². The lowest BCUT2D eigenvalue weighted by molar-refractivity contribution is 0.590. The summed E-state index contributed by atoms with van der Waals surface area (Å²) in [5.74, 6) is 0. The van der Waals surface area contributed by atoms with Crippen LogP contribution < -0.4 is 15.7 Å². The number of thiophene rings is 2. The standard InChI is InChI=1S/C56H41BN2OS2/c1-55(2,3)30-19-22-32(23-20-30)59-42-28-45-36(33-13-7-10-16-44(33)60-45)26-39(42)51-52-53-49(50-35-15-9-12-18-47(35)62-54(50)51)38-25-31(56(4,5)6)21-24-41(38)58(53)43-29-48-37(27-40(43)57(52)59)34-14-8-11-17-46(34)61-48/h7-29H,1-6H3. The number of para-hydroxylation sites is 1. The highest BCUT2D eigenvalue weighted by atomic mass is 32.1. The van der Waals surface area contributed by atoms with Crippen molar-refractivity contribution in [3.8, 4) is 16.8 Å². The Morgan fingerprint density at radius 1 is 0.516 bits per heavy atom. The first-order valence-corrected chi connectivity index (χ1v) is 23.4. The van der Waals surface area contributed by atoms with Gasteiger partial charge in [-0.3, -0.25) is 0 Å². The number of anilines is 2. The summed E-state index contributed by atoms with van der Waals surface area (Å²) in [6.45, 7) is 13.8. The minimum atomic E-state index is -0.117. The lowest BCUT2D eigenvalue weighted by atomic mass is 9.43. The van der Waals surface area contributed by atoms with Crippen LogP contribution in [0.2, 0.25) is 0 Å². The summed E-state index contributed by atoms with van der Waals surface area (Å²) in [5, 5.41) is 10.3. The second-order valence-electron chi connectivity index (χ2n) is 19.7. The lowest BCUT2D eigenvalue weighted by Gasteiger charge is -2.42. The Bertz CT molecular complexity index is 3960. The molecule has 8 aromatic carbocycles. The zero-order valence-electron chi connectivity index (χ0n) is 35.5. The molecule has 0 saturated heterocycles. The Labute approximate surface area is 367 Å². The molecule has 6 heteroatoms. The fourth-order valence-corrected chi connectivity index (χ4v) is 13.5. The van der Waals surface area contributed by atoms with Gasteiger partial charge in [-0.1, -0.05) is 120 Å². The van der Waals surface area contributed by atoms with Crippen LogP contribution in [-0.4, -0.2) is 11.4 Å². The molecular formula is C56H41BN2OS2. The molecule has 4 aromatic heterocycles. The third kappa shape index (κ3) is 4.51. The number of hydrogen-bond acceptors (Lipinski definition) is 4. The van der Waals surface area contributed by atoms with Gasteiger partial charge in [-0.05, 0) is 87.5 Å². The van der Waals surface area contributed by atoms with Crippen LogP contribution in [0.1, 0.15) is 52.7 Å². The van der Waals surface area contributed by atoms with Gasteiger partial charge in [-0.15, -0.1) is 22.7 Å². The zero-order chi connectivity index (χ0) is 41.6. The molecule has 0 amide bonds. The topological polar surface area (TPSA) is 21.3 Å². The van der Waals surface area contributed by atoms with E-state index in [4.69, 9.17) is 4.42 Å². The quantitative estimate of drug-likeness (QED) is 0.154. The molecule has 0 atom stereocenters. The van der Waals surface area contributed by atoms with Crippen LogP contribution in [0.5, 0.6) is 0 Å². The Morgan fingerprint density at radius 2 is 1.21 bits per heavy atom. The molecule has 0 saturated carbocycles. The Kier molecular flexibility index (Phi) is 6.70. The molecule has 0 radical (unpaired) electrons. The average molecular weight is 833 g/mol. The van der Waals surface area contributed by atoms with Gasteiger partial charge in [0.2, 0.25) is 0 Å². The van der Waals surface area contributed by atoms with Crippen LogP contribution in [-0.2, 0) is 10.8 Å². The molecule has 296 valence electrons. The molecule has 6 heterocycles. The van der Waals surface area contributed by atoms with E-state index < -0.39 is 0 Å². The summed E-state index contributed by atoms with van der Waals surface area (Å²) in [7, 11) is 0.